The summed E-state index contributed by atoms with van der Waals surface area (Å²) in [5, 5.41) is 5.43. The van der Waals surface area contributed by atoms with E-state index in [0.717, 1.165) is 12.8 Å². The minimum absolute atomic E-state index is 0.160. The quantitative estimate of drug-likeness (QED) is 0.872. The van der Waals surface area contributed by atoms with Crippen LogP contribution in [0.2, 0.25) is 0 Å². The highest BCUT2D eigenvalue weighted by Crippen LogP contribution is 2.17. The predicted octanol–water partition coefficient (Wildman–Crippen LogP) is 1.99. The molecule has 0 radical (unpaired) electrons. The molecule has 1 saturated heterocycles. The molecule has 0 aliphatic carbocycles. The summed E-state index contributed by atoms with van der Waals surface area (Å²) in [6.07, 6.45) is 2.43. The van der Waals surface area contributed by atoms with Gasteiger partial charge in [0.2, 0.25) is 5.91 Å². The van der Waals surface area contributed by atoms with Crippen LogP contribution in [0.15, 0.2) is 22.7 Å². The molecule has 0 saturated carbocycles. The number of rotatable bonds is 2. The van der Waals surface area contributed by atoms with E-state index in [4.69, 9.17) is 0 Å². The summed E-state index contributed by atoms with van der Waals surface area (Å²) in [7, 11) is 0. The minimum atomic E-state index is -0.515. The zero-order valence-corrected chi connectivity index (χ0v) is 11.8. The number of nitrogens with one attached hydrogen (secondary N) is 2. The third kappa shape index (κ3) is 3.53. The molecule has 1 unspecified atom stereocenters. The highest BCUT2D eigenvalue weighted by Gasteiger charge is 2.23. The van der Waals surface area contributed by atoms with Crippen molar-refractivity contribution in [3.63, 3.8) is 0 Å². The lowest BCUT2D eigenvalue weighted by atomic mass is 10.1. The molecular weight excluding hydrogens is 315 g/mol. The molecule has 19 heavy (non-hydrogen) atoms. The van der Waals surface area contributed by atoms with E-state index in [1.165, 1.54) is 18.2 Å². The molecule has 0 aromatic heterocycles. The van der Waals surface area contributed by atoms with E-state index in [0.29, 0.717) is 18.5 Å². The topological polar surface area (TPSA) is 58.2 Å². The Hall–Kier alpha value is -1.43. The van der Waals surface area contributed by atoms with Gasteiger partial charge in [-0.1, -0.05) is 0 Å². The predicted molar refractivity (Wildman–Crippen MR) is 72.2 cm³/mol. The smallest absolute Gasteiger partial charge is 0.251 e. The fourth-order valence-electron chi connectivity index (χ4n) is 1.96. The van der Waals surface area contributed by atoms with Gasteiger partial charge in [0.15, 0.2) is 0 Å². The molecule has 1 fully saturated rings. The van der Waals surface area contributed by atoms with Gasteiger partial charge in [-0.2, -0.15) is 0 Å². The monoisotopic (exact) mass is 328 g/mol. The van der Waals surface area contributed by atoms with Crippen LogP contribution in [0.3, 0.4) is 0 Å². The Morgan fingerprint density at radius 2 is 2.21 bits per heavy atom. The number of carbonyl (C=O) groups is 2. The molecule has 1 heterocycles. The second kappa shape index (κ2) is 6.14. The van der Waals surface area contributed by atoms with E-state index in [1.54, 1.807) is 0 Å². The van der Waals surface area contributed by atoms with Crippen molar-refractivity contribution in [2.24, 2.45) is 0 Å². The first-order valence-corrected chi connectivity index (χ1v) is 6.91. The highest BCUT2D eigenvalue weighted by atomic mass is 79.9. The third-order valence-electron chi connectivity index (χ3n) is 3.02. The fraction of sp³-hybridized carbons (Fsp3) is 0.385. The Labute approximate surface area is 118 Å². The molecule has 2 N–H and O–H groups in total. The van der Waals surface area contributed by atoms with Crippen molar-refractivity contribution in [3.8, 4) is 0 Å². The molecule has 4 nitrogen and oxygen atoms in total. The Balaban J connectivity index is 2.07. The van der Waals surface area contributed by atoms with Gasteiger partial charge in [0.05, 0.1) is 4.47 Å². The molecule has 2 amide bonds. The van der Waals surface area contributed by atoms with Gasteiger partial charge >= 0.3 is 0 Å². The van der Waals surface area contributed by atoms with Crippen molar-refractivity contribution < 1.29 is 14.0 Å². The van der Waals surface area contributed by atoms with Crippen LogP contribution in [0.25, 0.3) is 0 Å². The number of carbonyl (C=O) groups excluding carboxylic acids is 2. The van der Waals surface area contributed by atoms with Crippen molar-refractivity contribution in [2.45, 2.75) is 25.3 Å². The first-order chi connectivity index (χ1) is 9.08. The van der Waals surface area contributed by atoms with Crippen LogP contribution < -0.4 is 10.6 Å². The SMILES string of the molecule is O=C(NC1CCCCNC1=O)c1ccc(F)c(Br)c1. The fourth-order valence-corrected chi connectivity index (χ4v) is 2.33. The van der Waals surface area contributed by atoms with Gasteiger partial charge in [-0.25, -0.2) is 4.39 Å². The third-order valence-corrected chi connectivity index (χ3v) is 3.63. The van der Waals surface area contributed by atoms with E-state index >= 15 is 0 Å². The highest BCUT2D eigenvalue weighted by molar-refractivity contribution is 9.10. The van der Waals surface area contributed by atoms with Crippen LogP contribution in [0.4, 0.5) is 4.39 Å². The van der Waals surface area contributed by atoms with Crippen LogP contribution in [0.5, 0.6) is 0 Å². The second-order valence-corrected chi connectivity index (χ2v) is 5.30. The normalized spacial score (nSPS) is 19.5. The van der Waals surface area contributed by atoms with Crippen molar-refractivity contribution in [3.05, 3.63) is 34.1 Å². The van der Waals surface area contributed by atoms with Gasteiger partial charge < -0.3 is 10.6 Å². The van der Waals surface area contributed by atoms with Crippen molar-refractivity contribution in [1.82, 2.24) is 10.6 Å². The van der Waals surface area contributed by atoms with Gasteiger partial charge in [0.25, 0.3) is 5.91 Å². The first-order valence-electron chi connectivity index (χ1n) is 6.11. The van der Waals surface area contributed by atoms with E-state index < -0.39 is 11.9 Å². The summed E-state index contributed by atoms with van der Waals surface area (Å²) in [5.74, 6) is -0.960. The molecule has 0 spiro atoms. The van der Waals surface area contributed by atoms with Crippen LogP contribution in [0, 0.1) is 5.82 Å². The molecule has 1 aliphatic rings. The maximum atomic E-state index is 13.1. The summed E-state index contributed by atoms with van der Waals surface area (Å²) in [4.78, 5) is 23.7. The van der Waals surface area contributed by atoms with Gasteiger partial charge in [-0.05, 0) is 53.4 Å². The Bertz CT molecular complexity index is 507. The van der Waals surface area contributed by atoms with Crippen molar-refractivity contribution >= 4 is 27.7 Å². The van der Waals surface area contributed by atoms with E-state index in [-0.39, 0.29) is 16.3 Å². The molecule has 102 valence electrons. The first kappa shape index (κ1) is 14.0. The molecule has 2 rings (SSSR count). The van der Waals surface area contributed by atoms with Crippen LogP contribution in [-0.4, -0.2) is 24.4 Å². The number of benzene rings is 1. The van der Waals surface area contributed by atoms with Gasteiger partial charge in [0.1, 0.15) is 11.9 Å². The lowest BCUT2D eigenvalue weighted by Gasteiger charge is -2.15. The van der Waals surface area contributed by atoms with E-state index in [2.05, 4.69) is 26.6 Å². The maximum absolute atomic E-state index is 13.1. The minimum Gasteiger partial charge on any atom is -0.354 e. The van der Waals surface area contributed by atoms with E-state index in [1.807, 2.05) is 0 Å². The molecule has 1 aromatic rings. The largest absolute Gasteiger partial charge is 0.354 e. The van der Waals surface area contributed by atoms with Crippen LogP contribution in [-0.2, 0) is 4.79 Å². The number of halogens is 2. The van der Waals surface area contributed by atoms with Gasteiger partial charge in [0, 0.05) is 12.1 Å². The van der Waals surface area contributed by atoms with Gasteiger partial charge in [-0.3, -0.25) is 9.59 Å². The number of hydrogen-bond donors (Lipinski definition) is 2. The molecule has 0 bridgehead atoms. The number of hydrogen-bond acceptors (Lipinski definition) is 2. The lowest BCUT2D eigenvalue weighted by Crippen LogP contribution is -2.45. The lowest BCUT2D eigenvalue weighted by molar-refractivity contribution is -0.122. The van der Waals surface area contributed by atoms with Crippen molar-refractivity contribution in [1.29, 1.82) is 0 Å². The molecule has 1 atom stereocenters. The number of amides is 2. The van der Waals surface area contributed by atoms with Crippen LogP contribution >= 0.6 is 15.9 Å². The molecule has 1 aliphatic heterocycles. The summed E-state index contributed by atoms with van der Waals surface area (Å²) in [6, 6.07) is 3.49. The average Bonchev–Trinajstić information content (AvgIpc) is 2.58. The summed E-state index contributed by atoms with van der Waals surface area (Å²) < 4.78 is 13.3. The molecule has 1 aromatic carbocycles. The molecule has 6 heteroatoms. The Morgan fingerprint density at radius 1 is 1.42 bits per heavy atom. The zero-order valence-electron chi connectivity index (χ0n) is 10.2. The molecular formula is C13H14BrFN2O2. The standard InChI is InChI=1S/C13H14BrFN2O2/c14-9-7-8(4-5-10(9)15)12(18)17-11-3-1-2-6-16-13(11)19/h4-5,7,11H,1-3,6H2,(H,16,19)(H,17,18). The van der Waals surface area contributed by atoms with E-state index in [9.17, 15) is 14.0 Å². The second-order valence-electron chi connectivity index (χ2n) is 4.44. The summed E-state index contributed by atoms with van der Waals surface area (Å²) in [5.41, 5.74) is 0.324. The van der Waals surface area contributed by atoms with Gasteiger partial charge in [-0.15, -0.1) is 0 Å². The summed E-state index contributed by atoms with van der Waals surface area (Å²) in [6.45, 7) is 0.646. The van der Waals surface area contributed by atoms with Crippen molar-refractivity contribution in [2.75, 3.05) is 6.54 Å². The summed E-state index contributed by atoms with van der Waals surface area (Å²) >= 11 is 3.03. The Kier molecular flexibility index (Phi) is 4.52. The zero-order chi connectivity index (χ0) is 13.8. The Morgan fingerprint density at radius 3 is 2.95 bits per heavy atom. The average molecular weight is 329 g/mol. The van der Waals surface area contributed by atoms with Crippen LogP contribution in [0.1, 0.15) is 29.6 Å². The maximum Gasteiger partial charge on any atom is 0.251 e.